The van der Waals surface area contributed by atoms with Gasteiger partial charge in [0.15, 0.2) is 0 Å². The fourth-order valence-electron chi connectivity index (χ4n) is 1.27. The molecule has 0 N–H and O–H groups in total. The van der Waals surface area contributed by atoms with E-state index in [0.29, 0.717) is 0 Å². The third-order valence-corrected chi connectivity index (χ3v) is 2.11. The predicted molar refractivity (Wildman–Crippen MR) is 62.5 cm³/mol. The summed E-state index contributed by atoms with van der Waals surface area (Å²) < 4.78 is 10.7. The van der Waals surface area contributed by atoms with Crippen LogP contribution in [0.25, 0.3) is 0 Å². The minimum Gasteiger partial charge on any atom is -0.497 e. The molecule has 0 amide bonds. The number of hydrogen-bond acceptors (Lipinski definition) is 2. The average molecular weight is 206 g/mol. The van der Waals surface area contributed by atoms with E-state index < -0.39 is 0 Å². The van der Waals surface area contributed by atoms with Crippen LogP contribution in [-0.2, 0) is 0 Å². The van der Waals surface area contributed by atoms with Crippen LogP contribution in [0.4, 0.5) is 0 Å². The van der Waals surface area contributed by atoms with Gasteiger partial charge in [-0.1, -0.05) is 12.1 Å². The lowest BCUT2D eigenvalue weighted by molar-refractivity contribution is 0.305. The molecule has 0 heterocycles. The molecule has 0 saturated carbocycles. The first-order chi connectivity index (χ1) is 7.36. The van der Waals surface area contributed by atoms with Gasteiger partial charge in [-0.05, 0) is 31.4 Å². The zero-order chi connectivity index (χ0) is 10.9. The van der Waals surface area contributed by atoms with Crippen molar-refractivity contribution >= 4 is 0 Å². The first-order valence-electron chi connectivity index (χ1n) is 5.24. The highest BCUT2D eigenvalue weighted by molar-refractivity contribution is 5.32. The molecule has 0 aliphatic rings. The van der Waals surface area contributed by atoms with Crippen LogP contribution in [0.15, 0.2) is 36.9 Å². The van der Waals surface area contributed by atoms with E-state index in [0.717, 1.165) is 37.4 Å². The van der Waals surface area contributed by atoms with Crippen molar-refractivity contribution in [3.05, 3.63) is 36.9 Å². The Labute approximate surface area is 91.5 Å². The molecule has 82 valence electrons. The lowest BCUT2D eigenvalue weighted by Gasteiger charge is -2.06. The fourth-order valence-corrected chi connectivity index (χ4v) is 1.27. The summed E-state index contributed by atoms with van der Waals surface area (Å²) in [5, 5.41) is 0. The van der Waals surface area contributed by atoms with Gasteiger partial charge in [0.1, 0.15) is 11.5 Å². The van der Waals surface area contributed by atoms with Gasteiger partial charge in [0, 0.05) is 6.07 Å². The predicted octanol–water partition coefficient (Wildman–Crippen LogP) is 3.43. The highest BCUT2D eigenvalue weighted by atomic mass is 16.5. The Morgan fingerprint density at radius 2 is 2.07 bits per heavy atom. The minimum absolute atomic E-state index is 0.751. The Morgan fingerprint density at radius 3 is 2.80 bits per heavy atom. The first kappa shape index (κ1) is 11.6. The molecule has 0 radical (unpaired) electrons. The van der Waals surface area contributed by atoms with Crippen molar-refractivity contribution in [3.63, 3.8) is 0 Å². The van der Waals surface area contributed by atoms with Gasteiger partial charge < -0.3 is 9.47 Å². The molecule has 2 heteroatoms. The molecule has 1 rings (SSSR count). The second-order valence-electron chi connectivity index (χ2n) is 3.31. The third-order valence-electron chi connectivity index (χ3n) is 2.11. The summed E-state index contributed by atoms with van der Waals surface area (Å²) in [6.45, 7) is 4.43. The number of hydrogen-bond donors (Lipinski definition) is 0. The van der Waals surface area contributed by atoms with E-state index in [-0.39, 0.29) is 0 Å². The van der Waals surface area contributed by atoms with Gasteiger partial charge in [-0.25, -0.2) is 0 Å². The van der Waals surface area contributed by atoms with Crippen molar-refractivity contribution in [2.24, 2.45) is 0 Å². The molecule has 15 heavy (non-hydrogen) atoms. The van der Waals surface area contributed by atoms with Crippen LogP contribution in [-0.4, -0.2) is 13.7 Å². The van der Waals surface area contributed by atoms with Crippen LogP contribution < -0.4 is 9.47 Å². The molecule has 0 saturated heterocycles. The Morgan fingerprint density at radius 1 is 1.27 bits per heavy atom. The number of benzene rings is 1. The van der Waals surface area contributed by atoms with Crippen molar-refractivity contribution in [3.8, 4) is 11.5 Å². The van der Waals surface area contributed by atoms with E-state index in [1.807, 2.05) is 30.3 Å². The summed E-state index contributed by atoms with van der Waals surface area (Å²) in [6, 6.07) is 7.67. The molecular weight excluding hydrogens is 188 g/mol. The SMILES string of the molecule is C=CCCCCOc1cccc(OC)c1. The van der Waals surface area contributed by atoms with Crippen molar-refractivity contribution in [2.75, 3.05) is 13.7 Å². The number of unbranched alkanes of at least 4 members (excludes halogenated alkanes) is 2. The van der Waals surface area contributed by atoms with Gasteiger partial charge in [-0.15, -0.1) is 6.58 Å². The van der Waals surface area contributed by atoms with Crippen molar-refractivity contribution in [1.29, 1.82) is 0 Å². The van der Waals surface area contributed by atoms with E-state index in [1.54, 1.807) is 7.11 Å². The van der Waals surface area contributed by atoms with Crippen LogP contribution in [0.5, 0.6) is 11.5 Å². The number of allylic oxidation sites excluding steroid dienone is 1. The van der Waals surface area contributed by atoms with E-state index in [9.17, 15) is 0 Å². The van der Waals surface area contributed by atoms with Crippen LogP contribution in [0.1, 0.15) is 19.3 Å². The summed E-state index contributed by atoms with van der Waals surface area (Å²) in [7, 11) is 1.66. The lowest BCUT2D eigenvalue weighted by atomic mass is 10.2. The van der Waals surface area contributed by atoms with Crippen molar-refractivity contribution in [1.82, 2.24) is 0 Å². The monoisotopic (exact) mass is 206 g/mol. The zero-order valence-electron chi connectivity index (χ0n) is 9.24. The van der Waals surface area contributed by atoms with Gasteiger partial charge in [0.25, 0.3) is 0 Å². The highest BCUT2D eigenvalue weighted by Crippen LogP contribution is 2.18. The lowest BCUT2D eigenvalue weighted by Crippen LogP contribution is -1.97. The Kier molecular flexibility index (Phi) is 5.38. The highest BCUT2D eigenvalue weighted by Gasteiger charge is 1.95. The summed E-state index contributed by atoms with van der Waals surface area (Å²) >= 11 is 0. The van der Waals surface area contributed by atoms with Crippen LogP contribution in [0.2, 0.25) is 0 Å². The standard InChI is InChI=1S/C13H18O2/c1-3-4-5-6-10-15-13-9-7-8-12(11-13)14-2/h3,7-9,11H,1,4-6,10H2,2H3. The maximum absolute atomic E-state index is 5.58. The molecule has 2 nitrogen and oxygen atoms in total. The van der Waals surface area contributed by atoms with Gasteiger partial charge in [-0.2, -0.15) is 0 Å². The molecule has 1 aromatic rings. The van der Waals surface area contributed by atoms with Crippen LogP contribution in [0.3, 0.4) is 0 Å². The van der Waals surface area contributed by atoms with E-state index in [2.05, 4.69) is 6.58 Å². The second-order valence-corrected chi connectivity index (χ2v) is 3.31. The molecule has 0 fully saturated rings. The Balaban J connectivity index is 2.27. The van der Waals surface area contributed by atoms with Crippen LogP contribution in [0, 0.1) is 0 Å². The second kappa shape index (κ2) is 6.93. The van der Waals surface area contributed by atoms with Gasteiger partial charge >= 0.3 is 0 Å². The molecule has 0 atom stereocenters. The van der Waals surface area contributed by atoms with E-state index >= 15 is 0 Å². The molecule has 1 aromatic carbocycles. The number of methoxy groups -OCH3 is 1. The summed E-state index contributed by atoms with van der Waals surface area (Å²) in [6.07, 6.45) is 5.18. The molecule has 0 aliphatic heterocycles. The fraction of sp³-hybridized carbons (Fsp3) is 0.385. The first-order valence-corrected chi connectivity index (χ1v) is 5.24. The van der Waals surface area contributed by atoms with Gasteiger partial charge in [0.2, 0.25) is 0 Å². The minimum atomic E-state index is 0.751. The Hall–Kier alpha value is -1.44. The summed E-state index contributed by atoms with van der Waals surface area (Å²) in [5.41, 5.74) is 0. The third kappa shape index (κ3) is 4.54. The number of ether oxygens (including phenoxy) is 2. The number of rotatable bonds is 7. The quantitative estimate of drug-likeness (QED) is 0.502. The van der Waals surface area contributed by atoms with E-state index in [4.69, 9.17) is 9.47 Å². The maximum atomic E-state index is 5.58. The molecule has 0 unspecified atom stereocenters. The van der Waals surface area contributed by atoms with Gasteiger partial charge in [-0.3, -0.25) is 0 Å². The zero-order valence-corrected chi connectivity index (χ0v) is 9.24. The van der Waals surface area contributed by atoms with Gasteiger partial charge in [0.05, 0.1) is 13.7 Å². The molecule has 0 spiro atoms. The van der Waals surface area contributed by atoms with Crippen LogP contribution >= 0.6 is 0 Å². The molecular formula is C13H18O2. The molecule has 0 bridgehead atoms. The summed E-state index contributed by atoms with van der Waals surface area (Å²) in [4.78, 5) is 0. The topological polar surface area (TPSA) is 18.5 Å². The van der Waals surface area contributed by atoms with Crippen molar-refractivity contribution < 1.29 is 9.47 Å². The smallest absolute Gasteiger partial charge is 0.122 e. The van der Waals surface area contributed by atoms with Crippen molar-refractivity contribution in [2.45, 2.75) is 19.3 Å². The molecule has 0 aliphatic carbocycles. The molecule has 0 aromatic heterocycles. The normalized spacial score (nSPS) is 9.67. The van der Waals surface area contributed by atoms with E-state index in [1.165, 1.54) is 0 Å². The summed E-state index contributed by atoms with van der Waals surface area (Å²) in [5.74, 6) is 1.70. The Bertz CT molecular complexity index is 294. The average Bonchev–Trinajstić information content (AvgIpc) is 2.29. The largest absolute Gasteiger partial charge is 0.497 e. The maximum Gasteiger partial charge on any atom is 0.122 e.